The number of aromatic nitrogens is 2. The molecule has 2 aromatic rings. The number of fused-ring (bicyclic) bond motifs is 1. The highest BCUT2D eigenvalue weighted by molar-refractivity contribution is 5.85. The van der Waals surface area contributed by atoms with Gasteiger partial charge in [-0.3, -0.25) is 0 Å². The van der Waals surface area contributed by atoms with Crippen molar-refractivity contribution in [3.8, 4) is 0 Å². The summed E-state index contributed by atoms with van der Waals surface area (Å²) >= 11 is 0. The van der Waals surface area contributed by atoms with Gasteiger partial charge in [-0.05, 0) is 60.9 Å². The molecule has 0 aliphatic heterocycles. The van der Waals surface area contributed by atoms with Crippen molar-refractivity contribution in [2.75, 3.05) is 11.1 Å². The Hall–Kier alpha value is -2.36. The zero-order chi connectivity index (χ0) is 17.9. The van der Waals surface area contributed by atoms with Crippen LogP contribution in [0.1, 0.15) is 67.8 Å². The SMILES string of the molecule is CCCCc1cnc(NC2CCCC2)nc1C1=CCc2cc(N)ccc21. The number of unbranched alkanes of at least 4 members (excludes halogenated alkanes) is 1. The Bertz CT molecular complexity index is 819. The topological polar surface area (TPSA) is 63.8 Å². The van der Waals surface area contributed by atoms with Gasteiger partial charge in [-0.15, -0.1) is 0 Å². The van der Waals surface area contributed by atoms with Crippen molar-refractivity contribution in [2.24, 2.45) is 0 Å². The molecule has 1 saturated carbocycles. The summed E-state index contributed by atoms with van der Waals surface area (Å²) in [6, 6.07) is 6.74. The Labute approximate surface area is 155 Å². The number of nitrogen functional groups attached to an aromatic ring is 1. The van der Waals surface area contributed by atoms with Gasteiger partial charge in [0.05, 0.1) is 5.69 Å². The molecule has 0 spiro atoms. The van der Waals surface area contributed by atoms with Gasteiger partial charge in [-0.25, -0.2) is 9.97 Å². The van der Waals surface area contributed by atoms with Crippen molar-refractivity contribution in [3.63, 3.8) is 0 Å². The van der Waals surface area contributed by atoms with Crippen LogP contribution >= 0.6 is 0 Å². The third-order valence-electron chi connectivity index (χ3n) is 5.55. The van der Waals surface area contributed by atoms with Crippen LogP contribution in [0.4, 0.5) is 11.6 Å². The maximum Gasteiger partial charge on any atom is 0.223 e. The molecule has 0 atom stereocenters. The van der Waals surface area contributed by atoms with Crippen molar-refractivity contribution < 1.29 is 0 Å². The zero-order valence-electron chi connectivity index (χ0n) is 15.6. The summed E-state index contributed by atoms with van der Waals surface area (Å²) in [7, 11) is 0. The standard InChI is InChI=1S/C22H28N4/c1-2-3-6-16-14-24-22(25-18-7-4-5-8-18)26-21(16)20-11-9-15-13-17(23)10-12-19(15)20/h10-14,18H,2-9,23H2,1H3,(H,24,25,26). The number of anilines is 2. The number of aryl methyl sites for hydroxylation is 1. The number of rotatable bonds is 6. The van der Waals surface area contributed by atoms with Crippen LogP contribution in [-0.2, 0) is 12.8 Å². The fourth-order valence-corrected chi connectivity index (χ4v) is 4.10. The van der Waals surface area contributed by atoms with E-state index in [2.05, 4.69) is 35.4 Å². The Kier molecular flexibility index (Phi) is 4.91. The second kappa shape index (κ2) is 7.48. The lowest BCUT2D eigenvalue weighted by Gasteiger charge is -2.16. The van der Waals surface area contributed by atoms with Crippen LogP contribution in [0.25, 0.3) is 5.57 Å². The molecule has 2 aliphatic carbocycles. The molecular formula is C22H28N4. The first-order valence-electron chi connectivity index (χ1n) is 9.96. The molecule has 1 aromatic heterocycles. The lowest BCUT2D eigenvalue weighted by Crippen LogP contribution is -2.17. The fourth-order valence-electron chi connectivity index (χ4n) is 4.10. The average Bonchev–Trinajstić information content (AvgIpc) is 3.29. The van der Waals surface area contributed by atoms with Crippen LogP contribution in [0.2, 0.25) is 0 Å². The summed E-state index contributed by atoms with van der Waals surface area (Å²) in [6.45, 7) is 2.23. The first kappa shape index (κ1) is 17.1. The van der Waals surface area contributed by atoms with Gasteiger partial charge in [0.25, 0.3) is 0 Å². The minimum atomic E-state index is 0.522. The lowest BCUT2D eigenvalue weighted by atomic mass is 9.98. The van der Waals surface area contributed by atoms with E-state index in [1.54, 1.807) is 0 Å². The van der Waals surface area contributed by atoms with Gasteiger partial charge >= 0.3 is 0 Å². The van der Waals surface area contributed by atoms with Crippen LogP contribution in [0, 0.1) is 0 Å². The second-order valence-electron chi connectivity index (χ2n) is 7.54. The molecule has 3 N–H and O–H groups in total. The molecule has 4 rings (SSSR count). The Morgan fingerprint density at radius 1 is 1.23 bits per heavy atom. The van der Waals surface area contributed by atoms with Crippen molar-refractivity contribution in [2.45, 2.75) is 64.3 Å². The molecule has 0 bridgehead atoms. The molecule has 0 saturated heterocycles. The van der Waals surface area contributed by atoms with Crippen LogP contribution in [0.15, 0.2) is 30.5 Å². The predicted octanol–water partition coefficient (Wildman–Crippen LogP) is 4.74. The predicted molar refractivity (Wildman–Crippen MR) is 108 cm³/mol. The highest BCUT2D eigenvalue weighted by Crippen LogP contribution is 2.35. The highest BCUT2D eigenvalue weighted by Gasteiger charge is 2.21. The molecule has 1 fully saturated rings. The van der Waals surface area contributed by atoms with Crippen LogP contribution in [0.5, 0.6) is 0 Å². The summed E-state index contributed by atoms with van der Waals surface area (Å²) in [4.78, 5) is 9.60. The lowest BCUT2D eigenvalue weighted by molar-refractivity contribution is 0.740. The number of benzene rings is 1. The molecule has 1 heterocycles. The minimum absolute atomic E-state index is 0.522. The molecule has 2 aliphatic rings. The molecule has 136 valence electrons. The minimum Gasteiger partial charge on any atom is -0.399 e. The molecule has 0 radical (unpaired) electrons. The van der Waals surface area contributed by atoms with Gasteiger partial charge in [0.2, 0.25) is 5.95 Å². The van der Waals surface area contributed by atoms with E-state index in [0.29, 0.717) is 6.04 Å². The normalized spacial score (nSPS) is 16.6. The van der Waals surface area contributed by atoms with E-state index in [-0.39, 0.29) is 0 Å². The molecule has 26 heavy (non-hydrogen) atoms. The first-order valence-corrected chi connectivity index (χ1v) is 9.96. The van der Waals surface area contributed by atoms with Crippen LogP contribution in [0.3, 0.4) is 0 Å². The second-order valence-corrected chi connectivity index (χ2v) is 7.54. The highest BCUT2D eigenvalue weighted by atomic mass is 15.1. The van der Waals surface area contributed by atoms with Crippen molar-refractivity contribution in [1.29, 1.82) is 0 Å². The summed E-state index contributed by atoms with van der Waals surface area (Å²) in [6.07, 6.45) is 13.7. The van der Waals surface area contributed by atoms with E-state index in [1.165, 1.54) is 54.4 Å². The van der Waals surface area contributed by atoms with Gasteiger partial charge in [0.15, 0.2) is 0 Å². The number of nitrogens with zero attached hydrogens (tertiary/aromatic N) is 2. The van der Waals surface area contributed by atoms with E-state index < -0.39 is 0 Å². The molecule has 0 unspecified atom stereocenters. The van der Waals surface area contributed by atoms with E-state index >= 15 is 0 Å². The van der Waals surface area contributed by atoms with Crippen molar-refractivity contribution in [1.82, 2.24) is 9.97 Å². The van der Waals surface area contributed by atoms with Crippen LogP contribution < -0.4 is 11.1 Å². The average molecular weight is 348 g/mol. The van der Waals surface area contributed by atoms with Gasteiger partial charge in [0.1, 0.15) is 0 Å². The van der Waals surface area contributed by atoms with Gasteiger partial charge in [-0.1, -0.05) is 38.3 Å². The first-order chi connectivity index (χ1) is 12.7. The third kappa shape index (κ3) is 3.46. The van der Waals surface area contributed by atoms with Gasteiger partial charge < -0.3 is 11.1 Å². The van der Waals surface area contributed by atoms with E-state index in [0.717, 1.165) is 36.6 Å². The number of allylic oxidation sites excluding steroid dienone is 1. The van der Waals surface area contributed by atoms with E-state index in [1.807, 2.05) is 12.3 Å². The summed E-state index contributed by atoms with van der Waals surface area (Å²) in [5.74, 6) is 0.775. The van der Waals surface area contributed by atoms with Crippen LogP contribution in [-0.4, -0.2) is 16.0 Å². The van der Waals surface area contributed by atoms with Crippen molar-refractivity contribution in [3.05, 3.63) is 52.9 Å². The number of hydrogen-bond acceptors (Lipinski definition) is 4. The molecule has 1 aromatic carbocycles. The quantitative estimate of drug-likeness (QED) is 0.740. The molecule has 4 nitrogen and oxygen atoms in total. The summed E-state index contributed by atoms with van der Waals surface area (Å²) in [5, 5.41) is 3.55. The number of nitrogens with one attached hydrogen (secondary N) is 1. The van der Waals surface area contributed by atoms with Gasteiger partial charge in [-0.2, -0.15) is 0 Å². The van der Waals surface area contributed by atoms with E-state index in [9.17, 15) is 0 Å². The number of nitrogens with two attached hydrogens (primary N) is 1. The monoisotopic (exact) mass is 348 g/mol. The zero-order valence-corrected chi connectivity index (χ0v) is 15.6. The molecule has 0 amide bonds. The summed E-state index contributed by atoms with van der Waals surface area (Å²) < 4.78 is 0. The van der Waals surface area contributed by atoms with E-state index in [4.69, 9.17) is 10.7 Å². The van der Waals surface area contributed by atoms with Gasteiger partial charge in [0, 0.05) is 23.5 Å². The number of hydrogen-bond donors (Lipinski definition) is 2. The Morgan fingerprint density at radius 2 is 2.08 bits per heavy atom. The maximum absolute atomic E-state index is 5.97. The Morgan fingerprint density at radius 3 is 2.88 bits per heavy atom. The largest absolute Gasteiger partial charge is 0.399 e. The Balaban J connectivity index is 1.68. The third-order valence-corrected chi connectivity index (χ3v) is 5.55. The molecular weight excluding hydrogens is 320 g/mol. The molecule has 4 heteroatoms. The smallest absolute Gasteiger partial charge is 0.223 e. The van der Waals surface area contributed by atoms with Crippen molar-refractivity contribution >= 4 is 17.2 Å². The fraction of sp³-hybridized carbons (Fsp3) is 0.455. The summed E-state index contributed by atoms with van der Waals surface area (Å²) in [5.41, 5.74) is 12.9. The maximum atomic E-state index is 5.97.